The van der Waals surface area contributed by atoms with Crippen LogP contribution in [0.25, 0.3) is 0 Å². The lowest BCUT2D eigenvalue weighted by atomic mass is 10.0. The number of amides is 6. The quantitative estimate of drug-likeness (QED) is 0.0453. The number of nitrogens with one attached hydrogen (secondary N) is 5. The van der Waals surface area contributed by atoms with Crippen LogP contribution in [0.1, 0.15) is 53.0 Å². The number of nitro benzene ring substituents is 1. The first-order chi connectivity index (χ1) is 23.9. The average molecular weight is 718 g/mol. The summed E-state index contributed by atoms with van der Waals surface area (Å²) in [6, 6.07) is 8.13. The van der Waals surface area contributed by atoms with Gasteiger partial charge in [-0.2, -0.15) is 5.48 Å². The second-order valence-electron chi connectivity index (χ2n) is 12.3. The molecule has 0 unspecified atom stereocenters. The van der Waals surface area contributed by atoms with Crippen LogP contribution in [0.5, 0.6) is 5.75 Å². The maximum atomic E-state index is 13.3. The molecule has 19 nitrogen and oxygen atoms in total. The fraction of sp³-hybridized carbons (Fsp3) is 0.438. The van der Waals surface area contributed by atoms with E-state index in [2.05, 4.69) is 21.3 Å². The van der Waals surface area contributed by atoms with Crippen molar-refractivity contribution < 1.29 is 52.7 Å². The van der Waals surface area contributed by atoms with Crippen LogP contribution in [-0.4, -0.2) is 71.8 Å². The molecule has 2 atom stereocenters. The molecule has 0 aliphatic rings. The van der Waals surface area contributed by atoms with E-state index in [1.165, 1.54) is 36.4 Å². The van der Waals surface area contributed by atoms with E-state index < -0.39 is 71.1 Å². The minimum Gasteiger partial charge on any atom is -0.442 e. The number of urea groups is 1. The van der Waals surface area contributed by atoms with Gasteiger partial charge >= 0.3 is 18.3 Å². The average Bonchev–Trinajstić information content (AvgIpc) is 3.03. The summed E-state index contributed by atoms with van der Waals surface area (Å²) in [7, 11) is 0. The third kappa shape index (κ3) is 16.3. The molecule has 0 fully saturated rings. The Morgan fingerprint density at radius 2 is 1.57 bits per heavy atom. The van der Waals surface area contributed by atoms with Gasteiger partial charge in [-0.15, -0.1) is 0 Å². The monoisotopic (exact) mass is 717 g/mol. The minimum atomic E-state index is -1.10. The Labute approximate surface area is 293 Å². The second kappa shape index (κ2) is 19.9. The van der Waals surface area contributed by atoms with E-state index in [1.54, 1.807) is 46.8 Å². The molecule has 0 heterocycles. The molecular weight excluding hydrogens is 674 g/mol. The van der Waals surface area contributed by atoms with Crippen molar-refractivity contribution in [2.45, 2.75) is 71.8 Å². The van der Waals surface area contributed by atoms with Crippen LogP contribution in [0.15, 0.2) is 48.5 Å². The molecule has 6 amide bonds. The van der Waals surface area contributed by atoms with E-state index in [4.69, 9.17) is 24.8 Å². The van der Waals surface area contributed by atoms with Gasteiger partial charge in [0.15, 0.2) is 6.61 Å². The van der Waals surface area contributed by atoms with Crippen LogP contribution in [0, 0.1) is 16.0 Å². The normalized spacial score (nSPS) is 12.0. The van der Waals surface area contributed by atoms with E-state index in [0.29, 0.717) is 11.3 Å². The summed E-state index contributed by atoms with van der Waals surface area (Å²) in [6.07, 6.45) is -1.59. The van der Waals surface area contributed by atoms with E-state index in [9.17, 15) is 38.9 Å². The van der Waals surface area contributed by atoms with Gasteiger partial charge in [0.1, 0.15) is 30.0 Å². The van der Waals surface area contributed by atoms with Crippen molar-refractivity contribution in [2.75, 3.05) is 18.5 Å². The standard InChI is InChI=1S/C32H43N7O12/c1-19(2)26(37-25(40)18-49-38-30(44)51-32(3,4)5)28(42)36-24(7-6-16-34-29(33)43)27(41)35-21-10-8-20(9-11-21)17-48-31(45)50-23-14-12-22(13-15-23)39(46)47/h8-15,19,24,26H,6-7,16-18H2,1-5H3,(H,35,41)(H,36,42)(H,37,40)(H,38,44)(H3,33,34,43)/t24-,26-/m0/s1. The lowest BCUT2D eigenvalue weighted by Gasteiger charge is -2.25. The van der Waals surface area contributed by atoms with Crippen LogP contribution in [-0.2, 0) is 35.3 Å². The van der Waals surface area contributed by atoms with Crippen LogP contribution < -0.4 is 37.2 Å². The first-order valence-corrected chi connectivity index (χ1v) is 15.7. The lowest BCUT2D eigenvalue weighted by molar-refractivity contribution is -0.384. The highest BCUT2D eigenvalue weighted by Gasteiger charge is 2.29. The van der Waals surface area contributed by atoms with Gasteiger partial charge in [-0.1, -0.05) is 26.0 Å². The summed E-state index contributed by atoms with van der Waals surface area (Å²) in [5, 5.41) is 21.0. The van der Waals surface area contributed by atoms with Crippen molar-refractivity contribution in [1.82, 2.24) is 21.4 Å². The van der Waals surface area contributed by atoms with Crippen LogP contribution in [0.2, 0.25) is 0 Å². The predicted octanol–water partition coefficient (Wildman–Crippen LogP) is 2.78. The van der Waals surface area contributed by atoms with Crippen LogP contribution >= 0.6 is 0 Å². The highest BCUT2D eigenvalue weighted by atomic mass is 16.7. The fourth-order valence-electron chi connectivity index (χ4n) is 4.08. The second-order valence-corrected chi connectivity index (χ2v) is 12.3. The number of non-ortho nitro benzene ring substituents is 1. The lowest BCUT2D eigenvalue weighted by Crippen LogP contribution is -2.55. The maximum Gasteiger partial charge on any atom is 0.514 e. The predicted molar refractivity (Wildman–Crippen MR) is 180 cm³/mol. The largest absolute Gasteiger partial charge is 0.514 e. The molecule has 0 aromatic heterocycles. The molecular formula is C32H43N7O12. The summed E-state index contributed by atoms with van der Waals surface area (Å²) in [5.41, 5.74) is 7.02. The summed E-state index contributed by atoms with van der Waals surface area (Å²) in [5.74, 6) is -2.37. The molecule has 2 rings (SSSR count). The van der Waals surface area contributed by atoms with Crippen molar-refractivity contribution in [1.29, 1.82) is 0 Å². The third-order valence-corrected chi connectivity index (χ3v) is 6.45. The number of rotatable bonds is 17. The number of nitrogens with zero attached hydrogens (tertiary/aromatic N) is 1. The molecule has 19 heteroatoms. The van der Waals surface area contributed by atoms with Gasteiger partial charge in [-0.25, -0.2) is 14.4 Å². The van der Waals surface area contributed by atoms with E-state index >= 15 is 0 Å². The molecule has 278 valence electrons. The maximum absolute atomic E-state index is 13.3. The van der Waals surface area contributed by atoms with Gasteiger partial charge in [0.05, 0.1) is 4.92 Å². The van der Waals surface area contributed by atoms with Crippen molar-refractivity contribution in [3.05, 3.63) is 64.2 Å². The van der Waals surface area contributed by atoms with Crippen molar-refractivity contribution in [3.8, 4) is 5.75 Å². The molecule has 0 saturated heterocycles. The Morgan fingerprint density at radius 1 is 0.922 bits per heavy atom. The number of nitro groups is 1. The molecule has 0 spiro atoms. The number of hydroxylamine groups is 1. The van der Waals surface area contributed by atoms with Crippen molar-refractivity contribution in [3.63, 3.8) is 0 Å². The summed E-state index contributed by atoms with van der Waals surface area (Å²) in [4.78, 5) is 89.0. The van der Waals surface area contributed by atoms with E-state index in [0.717, 1.165) is 0 Å². The topological polar surface area (TPSA) is 269 Å². The molecule has 0 saturated carbocycles. The molecule has 0 aliphatic carbocycles. The van der Waals surface area contributed by atoms with E-state index in [-0.39, 0.29) is 37.4 Å². The summed E-state index contributed by atoms with van der Waals surface area (Å²) < 4.78 is 15.1. The Morgan fingerprint density at radius 3 is 2.14 bits per heavy atom. The van der Waals surface area contributed by atoms with Gasteiger partial charge in [-0.05, 0) is 69.4 Å². The Hall–Kier alpha value is -5.98. The van der Waals surface area contributed by atoms with Gasteiger partial charge in [0, 0.05) is 24.4 Å². The highest BCUT2D eigenvalue weighted by Crippen LogP contribution is 2.18. The molecule has 2 aromatic carbocycles. The molecule has 2 aromatic rings. The first-order valence-electron chi connectivity index (χ1n) is 15.7. The minimum absolute atomic E-state index is 0.0550. The number of primary amides is 1. The van der Waals surface area contributed by atoms with Crippen molar-refractivity contribution >= 4 is 47.4 Å². The summed E-state index contributed by atoms with van der Waals surface area (Å²) >= 11 is 0. The van der Waals surface area contributed by atoms with Gasteiger partial charge in [-0.3, -0.25) is 29.3 Å². The number of hydrogen-bond donors (Lipinski definition) is 6. The molecule has 51 heavy (non-hydrogen) atoms. The van der Waals surface area contributed by atoms with Gasteiger partial charge < -0.3 is 41.2 Å². The SMILES string of the molecule is CC(C)[C@H](NC(=O)CONC(=O)OC(C)(C)C)C(=O)N[C@@H](CCCNC(N)=O)C(=O)Nc1ccc(COC(=O)Oc2ccc([N+](=O)[O-])cc2)cc1. The first kappa shape index (κ1) is 41.2. The number of ether oxygens (including phenoxy) is 3. The molecule has 0 radical (unpaired) electrons. The van der Waals surface area contributed by atoms with Gasteiger partial charge in [0.25, 0.3) is 5.69 Å². The van der Waals surface area contributed by atoms with E-state index in [1.807, 2.05) is 5.48 Å². The molecule has 0 bridgehead atoms. The number of anilines is 1. The fourth-order valence-corrected chi connectivity index (χ4v) is 4.08. The molecule has 7 N–H and O–H groups in total. The zero-order chi connectivity index (χ0) is 38.1. The number of hydrogen-bond acceptors (Lipinski definition) is 12. The number of carbonyl (C=O) groups is 6. The molecule has 0 aliphatic heterocycles. The number of benzene rings is 2. The number of carbonyl (C=O) groups excluding carboxylic acids is 6. The zero-order valence-corrected chi connectivity index (χ0v) is 28.8. The number of nitrogens with two attached hydrogens (primary N) is 1. The Kier molecular flexibility index (Phi) is 16.1. The Bertz CT molecular complexity index is 1530. The highest BCUT2D eigenvalue weighted by molar-refractivity contribution is 5.98. The van der Waals surface area contributed by atoms with Crippen LogP contribution in [0.3, 0.4) is 0 Å². The zero-order valence-electron chi connectivity index (χ0n) is 28.8. The smallest absolute Gasteiger partial charge is 0.442 e. The van der Waals surface area contributed by atoms with Crippen LogP contribution in [0.4, 0.5) is 25.8 Å². The van der Waals surface area contributed by atoms with Crippen molar-refractivity contribution in [2.24, 2.45) is 11.7 Å². The third-order valence-electron chi connectivity index (χ3n) is 6.45. The Balaban J connectivity index is 1.98. The van der Waals surface area contributed by atoms with Gasteiger partial charge in [0.2, 0.25) is 17.7 Å². The summed E-state index contributed by atoms with van der Waals surface area (Å²) in [6.45, 7) is 7.62.